The maximum atomic E-state index is 6.02. The Morgan fingerprint density at radius 2 is 1.44 bits per heavy atom. The Labute approximate surface area is 112 Å². The molecule has 1 aromatic heterocycles. The predicted molar refractivity (Wildman–Crippen MR) is 67.5 cm³/mol. The van der Waals surface area contributed by atoms with Crippen LogP contribution in [0.1, 0.15) is 0 Å². The molecule has 0 spiro atoms. The smallest absolute Gasteiger partial charge is 0.164 e. The molecule has 2 aromatic rings. The fourth-order valence-corrected chi connectivity index (χ4v) is 2.10. The second-order valence-electron chi connectivity index (χ2n) is 2.96. The summed E-state index contributed by atoms with van der Waals surface area (Å²) >= 11 is 23.4. The summed E-state index contributed by atoms with van der Waals surface area (Å²) in [6.45, 7) is 0. The molecule has 0 aliphatic heterocycles. The van der Waals surface area contributed by atoms with Crippen LogP contribution < -0.4 is 0 Å². The number of halogens is 4. The molecule has 0 amide bonds. The van der Waals surface area contributed by atoms with Crippen LogP contribution in [0.3, 0.4) is 0 Å². The summed E-state index contributed by atoms with van der Waals surface area (Å²) in [5, 5.41) is 1.52. The van der Waals surface area contributed by atoms with Gasteiger partial charge in [0.2, 0.25) is 0 Å². The molecule has 2 nitrogen and oxygen atoms in total. The standard InChI is InChI=1S/C10H4Cl4N2/c11-5-1-2-6(7(12)3-5)10-15-8(13)4-9(14)16-10/h1-4H. The second-order valence-corrected chi connectivity index (χ2v) is 4.58. The summed E-state index contributed by atoms with van der Waals surface area (Å²) in [5.41, 5.74) is 0.635. The first kappa shape index (κ1) is 11.9. The number of aromatic nitrogens is 2. The minimum absolute atomic E-state index is 0.265. The largest absolute Gasteiger partial charge is 0.216 e. The molecule has 82 valence electrons. The summed E-state index contributed by atoms with van der Waals surface area (Å²) in [5.74, 6) is 0.374. The number of rotatable bonds is 1. The molecule has 1 aromatic carbocycles. The molecule has 6 heteroatoms. The second kappa shape index (κ2) is 4.76. The van der Waals surface area contributed by atoms with E-state index in [9.17, 15) is 0 Å². The van der Waals surface area contributed by atoms with E-state index in [0.717, 1.165) is 0 Å². The lowest BCUT2D eigenvalue weighted by Gasteiger charge is -2.04. The average Bonchev–Trinajstić information content (AvgIpc) is 2.15. The van der Waals surface area contributed by atoms with Gasteiger partial charge in [0.25, 0.3) is 0 Å². The van der Waals surface area contributed by atoms with Crippen LogP contribution in [-0.2, 0) is 0 Å². The molecule has 2 rings (SSSR count). The lowest BCUT2D eigenvalue weighted by Crippen LogP contribution is -1.90. The molecule has 0 saturated carbocycles. The number of hydrogen-bond acceptors (Lipinski definition) is 2. The molecule has 0 aliphatic carbocycles. The summed E-state index contributed by atoms with van der Waals surface area (Å²) in [6, 6.07) is 6.47. The normalized spacial score (nSPS) is 10.5. The van der Waals surface area contributed by atoms with Gasteiger partial charge in [-0.1, -0.05) is 46.4 Å². The van der Waals surface area contributed by atoms with Crippen molar-refractivity contribution < 1.29 is 0 Å². The zero-order valence-corrected chi connectivity index (χ0v) is 10.7. The lowest BCUT2D eigenvalue weighted by atomic mass is 10.2. The van der Waals surface area contributed by atoms with E-state index < -0.39 is 0 Å². The van der Waals surface area contributed by atoms with Gasteiger partial charge in [-0.3, -0.25) is 0 Å². The van der Waals surface area contributed by atoms with Crippen LogP contribution in [0.15, 0.2) is 24.3 Å². The Balaban J connectivity index is 2.58. The first-order valence-electron chi connectivity index (χ1n) is 4.22. The zero-order valence-electron chi connectivity index (χ0n) is 7.72. The Bertz CT molecular complexity index is 522. The van der Waals surface area contributed by atoms with Gasteiger partial charge in [-0.05, 0) is 18.2 Å². The molecule has 0 bridgehead atoms. The topological polar surface area (TPSA) is 25.8 Å². The minimum atomic E-state index is 0.265. The molecule has 0 fully saturated rings. The molecule has 0 saturated heterocycles. The number of benzene rings is 1. The van der Waals surface area contributed by atoms with Gasteiger partial charge in [0.15, 0.2) is 5.82 Å². The van der Waals surface area contributed by atoms with E-state index in [4.69, 9.17) is 46.4 Å². The van der Waals surface area contributed by atoms with Gasteiger partial charge in [0.1, 0.15) is 10.3 Å². The average molecular weight is 294 g/mol. The highest BCUT2D eigenvalue weighted by Crippen LogP contribution is 2.29. The summed E-state index contributed by atoms with van der Waals surface area (Å²) in [4.78, 5) is 8.07. The third-order valence-electron chi connectivity index (χ3n) is 1.84. The quantitative estimate of drug-likeness (QED) is 0.709. The SMILES string of the molecule is Clc1ccc(-c2nc(Cl)cc(Cl)n2)c(Cl)c1. The maximum absolute atomic E-state index is 6.02. The van der Waals surface area contributed by atoms with E-state index in [1.54, 1.807) is 18.2 Å². The first-order valence-corrected chi connectivity index (χ1v) is 5.73. The third-order valence-corrected chi connectivity index (χ3v) is 2.77. The van der Waals surface area contributed by atoms with Crippen molar-refractivity contribution in [3.63, 3.8) is 0 Å². The highest BCUT2D eigenvalue weighted by Gasteiger charge is 2.09. The van der Waals surface area contributed by atoms with E-state index in [-0.39, 0.29) is 10.3 Å². The van der Waals surface area contributed by atoms with Gasteiger partial charge < -0.3 is 0 Å². The van der Waals surface area contributed by atoms with Crippen LogP contribution in [0.2, 0.25) is 20.4 Å². The fraction of sp³-hybridized carbons (Fsp3) is 0. The van der Waals surface area contributed by atoms with E-state index in [0.29, 0.717) is 21.4 Å². The van der Waals surface area contributed by atoms with Crippen LogP contribution >= 0.6 is 46.4 Å². The van der Waals surface area contributed by atoms with E-state index in [2.05, 4.69) is 9.97 Å². The highest BCUT2D eigenvalue weighted by atomic mass is 35.5. The van der Waals surface area contributed by atoms with Gasteiger partial charge in [0.05, 0.1) is 5.02 Å². The van der Waals surface area contributed by atoms with Gasteiger partial charge >= 0.3 is 0 Å². The van der Waals surface area contributed by atoms with Crippen molar-refractivity contribution in [1.29, 1.82) is 0 Å². The van der Waals surface area contributed by atoms with Gasteiger partial charge in [-0.2, -0.15) is 0 Å². The Hall–Kier alpha value is -0.540. The van der Waals surface area contributed by atoms with Crippen LogP contribution in [0.4, 0.5) is 0 Å². The first-order chi connectivity index (χ1) is 7.56. The highest BCUT2D eigenvalue weighted by molar-refractivity contribution is 6.36. The van der Waals surface area contributed by atoms with Crippen molar-refractivity contribution in [3.05, 3.63) is 44.6 Å². The summed E-state index contributed by atoms with van der Waals surface area (Å²) in [7, 11) is 0. The molecule has 0 N–H and O–H groups in total. The number of hydrogen-bond donors (Lipinski definition) is 0. The lowest BCUT2D eigenvalue weighted by molar-refractivity contribution is 1.18. The van der Waals surface area contributed by atoms with E-state index in [1.165, 1.54) is 6.07 Å². The van der Waals surface area contributed by atoms with Gasteiger partial charge in [-0.15, -0.1) is 0 Å². The van der Waals surface area contributed by atoms with Gasteiger partial charge in [0, 0.05) is 16.7 Å². The van der Waals surface area contributed by atoms with Crippen molar-refractivity contribution in [2.75, 3.05) is 0 Å². The molecule has 0 unspecified atom stereocenters. The third kappa shape index (κ3) is 2.58. The van der Waals surface area contributed by atoms with Gasteiger partial charge in [-0.25, -0.2) is 9.97 Å². The molecule has 0 radical (unpaired) electrons. The molecule has 0 atom stereocenters. The van der Waals surface area contributed by atoms with Crippen LogP contribution in [0, 0.1) is 0 Å². The summed E-state index contributed by atoms with van der Waals surface area (Å²) in [6.07, 6.45) is 0. The Morgan fingerprint density at radius 3 is 2.00 bits per heavy atom. The molecular weight excluding hydrogens is 290 g/mol. The van der Waals surface area contributed by atoms with Crippen molar-refractivity contribution in [3.8, 4) is 11.4 Å². The molecule has 16 heavy (non-hydrogen) atoms. The van der Waals surface area contributed by atoms with Crippen molar-refractivity contribution in [2.24, 2.45) is 0 Å². The zero-order chi connectivity index (χ0) is 11.7. The van der Waals surface area contributed by atoms with E-state index >= 15 is 0 Å². The molecule has 0 aliphatic rings. The van der Waals surface area contributed by atoms with Crippen molar-refractivity contribution >= 4 is 46.4 Å². The maximum Gasteiger partial charge on any atom is 0.164 e. The van der Waals surface area contributed by atoms with E-state index in [1.807, 2.05) is 0 Å². The number of nitrogens with zero attached hydrogens (tertiary/aromatic N) is 2. The van der Waals surface area contributed by atoms with Crippen LogP contribution in [0.5, 0.6) is 0 Å². The minimum Gasteiger partial charge on any atom is -0.216 e. The Morgan fingerprint density at radius 1 is 0.812 bits per heavy atom. The summed E-state index contributed by atoms with van der Waals surface area (Å²) < 4.78 is 0. The fourth-order valence-electron chi connectivity index (χ4n) is 1.18. The molecular formula is C10H4Cl4N2. The van der Waals surface area contributed by atoms with Crippen molar-refractivity contribution in [2.45, 2.75) is 0 Å². The van der Waals surface area contributed by atoms with Crippen LogP contribution in [-0.4, -0.2) is 9.97 Å². The molecule has 1 heterocycles. The monoisotopic (exact) mass is 292 g/mol. The van der Waals surface area contributed by atoms with Crippen molar-refractivity contribution in [1.82, 2.24) is 9.97 Å². The predicted octanol–water partition coefficient (Wildman–Crippen LogP) is 4.76. The van der Waals surface area contributed by atoms with Crippen LogP contribution in [0.25, 0.3) is 11.4 Å². The Kier molecular flexibility index (Phi) is 3.55.